The number of rotatable bonds is 3. The summed E-state index contributed by atoms with van der Waals surface area (Å²) >= 11 is 1.32. The quantitative estimate of drug-likeness (QED) is 0.608. The van der Waals surface area contributed by atoms with E-state index >= 15 is 0 Å². The molecule has 4 rings (SSSR count). The molecule has 8 nitrogen and oxygen atoms in total. The molecule has 0 atom stereocenters. The normalized spacial score (nSPS) is 10.9. The third-order valence-corrected chi connectivity index (χ3v) is 4.39. The highest BCUT2D eigenvalue weighted by atomic mass is 32.1. The molecule has 4 aromatic heterocycles. The Morgan fingerprint density at radius 3 is 2.64 bits per heavy atom. The van der Waals surface area contributed by atoms with Crippen molar-refractivity contribution >= 4 is 28.0 Å². The molecule has 0 aliphatic carbocycles. The Bertz CT molecular complexity index is 1110. The fourth-order valence-electron chi connectivity index (χ4n) is 2.65. The summed E-state index contributed by atoms with van der Waals surface area (Å²) in [6.45, 7) is 1.76. The summed E-state index contributed by atoms with van der Waals surface area (Å²) in [6.07, 6.45) is 6.24. The first-order chi connectivity index (χ1) is 12.2. The predicted octanol–water partition coefficient (Wildman–Crippen LogP) is 1.90. The van der Waals surface area contributed by atoms with Crippen LogP contribution in [-0.2, 0) is 0 Å². The average molecular weight is 352 g/mol. The number of fused-ring (bicyclic) bond motifs is 1. The van der Waals surface area contributed by atoms with E-state index in [0.717, 1.165) is 0 Å². The van der Waals surface area contributed by atoms with Gasteiger partial charge < -0.3 is 0 Å². The number of amides is 1. The van der Waals surface area contributed by atoms with Gasteiger partial charge in [-0.25, -0.2) is 14.6 Å². The fraction of sp³-hybridized carbons (Fsp3) is 0.0625. The summed E-state index contributed by atoms with van der Waals surface area (Å²) in [5.74, 6) is -0.367. The van der Waals surface area contributed by atoms with Crippen molar-refractivity contribution in [3.8, 4) is 5.69 Å². The molecule has 1 amide bonds. The van der Waals surface area contributed by atoms with E-state index in [1.165, 1.54) is 28.1 Å². The summed E-state index contributed by atoms with van der Waals surface area (Å²) in [5.41, 5.74) is 1.69. The molecular weight excluding hydrogens is 340 g/mol. The van der Waals surface area contributed by atoms with E-state index in [2.05, 4.69) is 20.3 Å². The highest BCUT2D eigenvalue weighted by Gasteiger charge is 2.23. The Kier molecular flexibility index (Phi) is 3.62. The van der Waals surface area contributed by atoms with Crippen molar-refractivity contribution in [2.75, 3.05) is 5.32 Å². The number of nitrogens with one attached hydrogen (secondary N) is 1. The van der Waals surface area contributed by atoms with Crippen LogP contribution in [-0.4, -0.2) is 30.1 Å². The summed E-state index contributed by atoms with van der Waals surface area (Å²) in [4.78, 5) is 37.6. The zero-order valence-corrected chi connectivity index (χ0v) is 13.9. The minimum absolute atomic E-state index is 0.279. The van der Waals surface area contributed by atoms with Crippen molar-refractivity contribution in [1.29, 1.82) is 0 Å². The molecule has 4 heterocycles. The summed E-state index contributed by atoms with van der Waals surface area (Å²) in [7, 11) is 0. The smallest absolute Gasteiger partial charge is 0.276 e. The van der Waals surface area contributed by atoms with Gasteiger partial charge in [-0.1, -0.05) is 0 Å². The number of carbonyl (C=O) groups excluding carboxylic acids is 1. The van der Waals surface area contributed by atoms with E-state index in [1.54, 1.807) is 47.7 Å². The fourth-order valence-corrected chi connectivity index (χ4v) is 3.18. The second kappa shape index (κ2) is 5.95. The number of carbonyl (C=O) groups is 1. The van der Waals surface area contributed by atoms with Crippen molar-refractivity contribution in [2.24, 2.45) is 0 Å². The second-order valence-corrected chi connectivity index (χ2v) is 6.10. The van der Waals surface area contributed by atoms with Gasteiger partial charge in [0.05, 0.1) is 5.69 Å². The first-order valence-electron chi connectivity index (χ1n) is 7.37. The van der Waals surface area contributed by atoms with Crippen LogP contribution in [0, 0.1) is 6.92 Å². The van der Waals surface area contributed by atoms with Crippen molar-refractivity contribution in [2.45, 2.75) is 6.92 Å². The maximum atomic E-state index is 12.9. The van der Waals surface area contributed by atoms with Crippen LogP contribution < -0.4 is 10.9 Å². The molecule has 0 saturated heterocycles. The van der Waals surface area contributed by atoms with E-state index in [1.807, 2.05) is 0 Å². The minimum Gasteiger partial charge on any atom is -0.296 e. The molecule has 0 fully saturated rings. The number of anilines is 1. The molecule has 9 heteroatoms. The van der Waals surface area contributed by atoms with Gasteiger partial charge in [0.25, 0.3) is 11.5 Å². The standard InChI is InChI=1S/C16H12N6O2S/c1-10-13(15(24)20-16-19-8-9-25-16)21(11-2-5-17-6-3-11)22-12(23)4-7-18-14(10)22/h2-9H,1H3,(H,19,20,24). The van der Waals surface area contributed by atoms with Gasteiger partial charge >= 0.3 is 0 Å². The maximum Gasteiger partial charge on any atom is 0.276 e. The monoisotopic (exact) mass is 352 g/mol. The molecular formula is C16H12N6O2S. The molecule has 4 aromatic rings. The SMILES string of the molecule is Cc1c(C(=O)Nc2nccs2)n(-c2ccncc2)n2c(=O)ccnc12. The van der Waals surface area contributed by atoms with Crippen LogP contribution >= 0.6 is 11.3 Å². The molecule has 0 radical (unpaired) electrons. The third kappa shape index (κ3) is 2.50. The first kappa shape index (κ1) is 15.2. The van der Waals surface area contributed by atoms with Crippen LogP contribution in [0.2, 0.25) is 0 Å². The molecule has 0 spiro atoms. The van der Waals surface area contributed by atoms with Gasteiger partial charge in [0, 0.05) is 41.8 Å². The van der Waals surface area contributed by atoms with Gasteiger partial charge in [0.15, 0.2) is 10.8 Å². The molecule has 0 aromatic carbocycles. The largest absolute Gasteiger partial charge is 0.296 e. The third-order valence-electron chi connectivity index (χ3n) is 3.70. The van der Waals surface area contributed by atoms with Crippen molar-refractivity contribution in [3.05, 3.63) is 70.0 Å². The molecule has 1 N–H and O–H groups in total. The van der Waals surface area contributed by atoms with Gasteiger partial charge in [0.2, 0.25) is 0 Å². The Hall–Kier alpha value is -3.33. The van der Waals surface area contributed by atoms with Crippen LogP contribution in [0.4, 0.5) is 5.13 Å². The number of thiazole rings is 1. The Morgan fingerprint density at radius 1 is 1.12 bits per heavy atom. The van der Waals surface area contributed by atoms with E-state index < -0.39 is 0 Å². The van der Waals surface area contributed by atoms with Gasteiger partial charge in [-0.05, 0) is 19.1 Å². The maximum absolute atomic E-state index is 12.9. The zero-order valence-electron chi connectivity index (χ0n) is 13.1. The highest BCUT2D eigenvalue weighted by Crippen LogP contribution is 2.21. The lowest BCUT2D eigenvalue weighted by Gasteiger charge is -2.10. The summed E-state index contributed by atoms with van der Waals surface area (Å²) < 4.78 is 2.92. The molecule has 0 bridgehead atoms. The zero-order chi connectivity index (χ0) is 17.4. The average Bonchev–Trinajstić information content (AvgIpc) is 3.23. The summed E-state index contributed by atoms with van der Waals surface area (Å²) in [5, 5.41) is 5.01. The number of aromatic nitrogens is 5. The van der Waals surface area contributed by atoms with E-state index in [9.17, 15) is 9.59 Å². The van der Waals surface area contributed by atoms with Crippen molar-refractivity contribution in [1.82, 2.24) is 24.1 Å². The predicted molar refractivity (Wildman–Crippen MR) is 93.4 cm³/mol. The van der Waals surface area contributed by atoms with Gasteiger partial charge in [-0.3, -0.25) is 19.9 Å². The molecule has 0 unspecified atom stereocenters. The lowest BCUT2D eigenvalue weighted by molar-refractivity contribution is 0.101. The Balaban J connectivity index is 2.00. The molecule has 124 valence electrons. The van der Waals surface area contributed by atoms with Crippen LogP contribution in [0.5, 0.6) is 0 Å². The van der Waals surface area contributed by atoms with Gasteiger partial charge in [-0.15, -0.1) is 11.3 Å². The van der Waals surface area contributed by atoms with Gasteiger partial charge in [-0.2, -0.15) is 4.52 Å². The van der Waals surface area contributed by atoms with Gasteiger partial charge in [0.1, 0.15) is 5.69 Å². The number of aryl methyl sites for hydroxylation is 1. The van der Waals surface area contributed by atoms with Crippen LogP contribution in [0.15, 0.2) is 53.2 Å². The van der Waals surface area contributed by atoms with E-state index in [4.69, 9.17) is 0 Å². The number of pyridine rings is 1. The first-order valence-corrected chi connectivity index (χ1v) is 8.25. The second-order valence-electron chi connectivity index (χ2n) is 5.20. The Morgan fingerprint density at radius 2 is 1.92 bits per heavy atom. The molecule has 25 heavy (non-hydrogen) atoms. The highest BCUT2D eigenvalue weighted by molar-refractivity contribution is 7.13. The summed E-state index contributed by atoms with van der Waals surface area (Å²) in [6, 6.07) is 4.80. The lowest BCUT2D eigenvalue weighted by Crippen LogP contribution is -2.24. The van der Waals surface area contributed by atoms with Crippen molar-refractivity contribution in [3.63, 3.8) is 0 Å². The van der Waals surface area contributed by atoms with E-state index in [0.29, 0.717) is 27.7 Å². The van der Waals surface area contributed by atoms with Crippen LogP contribution in [0.25, 0.3) is 11.3 Å². The molecule has 0 aliphatic rings. The number of hydrogen-bond acceptors (Lipinski definition) is 6. The molecule has 0 saturated carbocycles. The lowest BCUT2D eigenvalue weighted by atomic mass is 10.2. The topological polar surface area (TPSA) is 94.2 Å². The Labute approximate surface area is 145 Å². The van der Waals surface area contributed by atoms with Crippen LogP contribution in [0.3, 0.4) is 0 Å². The van der Waals surface area contributed by atoms with Crippen molar-refractivity contribution < 1.29 is 4.79 Å². The van der Waals surface area contributed by atoms with Crippen LogP contribution in [0.1, 0.15) is 16.1 Å². The molecule has 0 aliphatic heterocycles. The number of nitrogens with zero attached hydrogens (tertiary/aromatic N) is 5. The van der Waals surface area contributed by atoms with E-state index in [-0.39, 0.29) is 11.5 Å². The minimum atomic E-state index is -0.367. The number of hydrogen-bond donors (Lipinski definition) is 1.